The Labute approximate surface area is 272 Å². The van der Waals surface area contributed by atoms with E-state index in [1.807, 2.05) is 37.3 Å². The van der Waals surface area contributed by atoms with Gasteiger partial charge >= 0.3 is 0 Å². The summed E-state index contributed by atoms with van der Waals surface area (Å²) >= 11 is 6.33. The number of aryl methyl sites for hydroxylation is 1. The van der Waals surface area contributed by atoms with Gasteiger partial charge in [0.1, 0.15) is 12.4 Å². The van der Waals surface area contributed by atoms with Gasteiger partial charge in [-0.05, 0) is 117 Å². The van der Waals surface area contributed by atoms with E-state index < -0.39 is 27.3 Å². The predicted octanol–water partition coefficient (Wildman–Crippen LogP) is 6.04. The van der Waals surface area contributed by atoms with Gasteiger partial charge in [0.2, 0.25) is 10.0 Å². The molecule has 1 aliphatic carbocycles. The van der Waals surface area contributed by atoms with E-state index >= 15 is 0 Å². The molecule has 2 aromatic carbocycles. The van der Waals surface area contributed by atoms with E-state index in [-0.39, 0.29) is 29.4 Å². The Hall–Kier alpha value is -2.59. The van der Waals surface area contributed by atoms with Crippen molar-refractivity contribution >= 4 is 33.2 Å². The first-order chi connectivity index (χ1) is 21.7. The van der Waals surface area contributed by atoms with Crippen molar-refractivity contribution in [2.75, 3.05) is 24.6 Å². The SMILES string of the molecule is C[C@@H]1C/C=C/[C@H](O)[C@@H]2CC[C@H]2CN2CCCCc3cc(Cl)ccc3COc3ccc(cc32)C(=O)NS(=O)(=O)[C@@H]1C[C@H]1CCCO1. The van der Waals surface area contributed by atoms with Crippen molar-refractivity contribution in [3.8, 4) is 5.75 Å². The van der Waals surface area contributed by atoms with E-state index in [0.717, 1.165) is 62.7 Å². The molecule has 2 fully saturated rings. The van der Waals surface area contributed by atoms with Crippen molar-refractivity contribution in [3.63, 3.8) is 0 Å². The lowest BCUT2D eigenvalue weighted by Crippen LogP contribution is -2.44. The molecule has 2 N–H and O–H groups in total. The number of allylic oxidation sites excluding steroid dienone is 1. The highest BCUT2D eigenvalue weighted by molar-refractivity contribution is 7.90. The van der Waals surface area contributed by atoms with Crippen molar-refractivity contribution < 1.29 is 27.8 Å². The van der Waals surface area contributed by atoms with E-state index in [1.165, 1.54) is 5.56 Å². The largest absolute Gasteiger partial charge is 0.487 e. The second kappa shape index (κ2) is 14.0. The van der Waals surface area contributed by atoms with Crippen LogP contribution < -0.4 is 14.4 Å². The highest BCUT2D eigenvalue weighted by Gasteiger charge is 2.38. The number of ether oxygens (including phenoxy) is 2. The number of rotatable bonds is 2. The average molecular weight is 657 g/mol. The Balaban J connectivity index is 1.36. The summed E-state index contributed by atoms with van der Waals surface area (Å²) < 4.78 is 42.3. The Kier molecular flexibility index (Phi) is 10.1. The van der Waals surface area contributed by atoms with Crippen molar-refractivity contribution in [1.29, 1.82) is 0 Å². The fourth-order valence-corrected chi connectivity index (χ4v) is 9.29. The molecule has 0 radical (unpaired) electrons. The minimum atomic E-state index is -4.04. The second-order valence-corrected chi connectivity index (χ2v) is 15.6. The number of halogens is 1. The van der Waals surface area contributed by atoms with Crippen molar-refractivity contribution in [3.05, 3.63) is 70.3 Å². The number of benzene rings is 2. The van der Waals surface area contributed by atoms with Gasteiger partial charge in [-0.2, -0.15) is 0 Å². The van der Waals surface area contributed by atoms with Gasteiger partial charge in [0, 0.05) is 30.3 Å². The minimum Gasteiger partial charge on any atom is -0.487 e. The smallest absolute Gasteiger partial charge is 0.264 e. The van der Waals surface area contributed by atoms with Crippen LogP contribution in [-0.2, 0) is 27.8 Å². The molecule has 2 aromatic rings. The summed E-state index contributed by atoms with van der Waals surface area (Å²) in [5.41, 5.74) is 3.28. The second-order valence-electron chi connectivity index (χ2n) is 13.3. The van der Waals surface area contributed by atoms with E-state index in [4.69, 9.17) is 21.1 Å². The first kappa shape index (κ1) is 32.4. The number of hydrogen-bond acceptors (Lipinski definition) is 7. The summed E-state index contributed by atoms with van der Waals surface area (Å²) in [6, 6.07) is 11.1. The van der Waals surface area contributed by atoms with Crippen molar-refractivity contribution in [2.24, 2.45) is 17.8 Å². The van der Waals surface area contributed by atoms with Gasteiger partial charge in [0.05, 0.1) is 23.1 Å². The van der Waals surface area contributed by atoms with Gasteiger partial charge in [-0.3, -0.25) is 4.79 Å². The monoisotopic (exact) mass is 656 g/mol. The zero-order valence-electron chi connectivity index (χ0n) is 26.0. The lowest BCUT2D eigenvalue weighted by atomic mass is 9.70. The van der Waals surface area contributed by atoms with Crippen LogP contribution in [0, 0.1) is 17.8 Å². The summed E-state index contributed by atoms with van der Waals surface area (Å²) in [5.74, 6) is 0.128. The quantitative estimate of drug-likeness (QED) is 0.380. The molecule has 3 aliphatic heterocycles. The standard InChI is InChI=1S/C35H45ClN2O6S/c1-23-6-4-9-32(39)30-14-11-26(30)21-38-16-3-2-7-24-18-28(36)13-10-27(24)22-44-33-15-12-25(19-31(33)38)35(40)37-45(41,42)34(23)20-29-8-5-17-43-29/h4,9-10,12-13,15,18-19,23,26,29-30,32,34,39H,2-3,5-8,11,14,16-17,20-22H2,1H3,(H,37,40)/b9-4+/t23-,26+,29-,30-,32+,34-/m1/s1. The van der Waals surface area contributed by atoms with Crippen molar-refractivity contribution in [2.45, 2.75) is 88.8 Å². The third kappa shape index (κ3) is 7.53. The highest BCUT2D eigenvalue weighted by Crippen LogP contribution is 2.41. The first-order valence-electron chi connectivity index (χ1n) is 16.5. The first-order valence-corrected chi connectivity index (χ1v) is 18.4. The molecule has 4 aliphatic rings. The Morgan fingerprint density at radius 2 is 1.93 bits per heavy atom. The number of carbonyl (C=O) groups excluding carboxylic acids is 1. The third-order valence-corrected chi connectivity index (χ3v) is 12.4. The zero-order chi connectivity index (χ0) is 31.6. The number of fused-ring (bicyclic) bond motifs is 3. The maximum Gasteiger partial charge on any atom is 0.264 e. The van der Waals surface area contributed by atoms with Crippen LogP contribution in [0.25, 0.3) is 0 Å². The number of aliphatic hydroxyl groups excluding tert-OH is 1. The van der Waals surface area contributed by atoms with Crippen LogP contribution in [0.2, 0.25) is 5.02 Å². The van der Waals surface area contributed by atoms with Gasteiger partial charge in [0.25, 0.3) is 5.91 Å². The number of aliphatic hydroxyl groups is 1. The molecule has 0 unspecified atom stereocenters. The Morgan fingerprint density at radius 3 is 2.71 bits per heavy atom. The number of hydrogen-bond donors (Lipinski definition) is 2. The van der Waals surface area contributed by atoms with Crippen LogP contribution in [-0.4, -0.2) is 56.6 Å². The van der Waals surface area contributed by atoms with E-state index in [9.17, 15) is 18.3 Å². The number of nitrogens with one attached hydrogen (secondary N) is 1. The van der Waals surface area contributed by atoms with Crippen LogP contribution in [0.4, 0.5) is 5.69 Å². The average Bonchev–Trinajstić information content (AvgIpc) is 3.50. The van der Waals surface area contributed by atoms with Gasteiger partial charge < -0.3 is 19.5 Å². The normalized spacial score (nSPS) is 31.3. The molecule has 8 nitrogen and oxygen atoms in total. The molecule has 2 bridgehead atoms. The lowest BCUT2D eigenvalue weighted by Gasteiger charge is -2.42. The van der Waals surface area contributed by atoms with Crippen LogP contribution >= 0.6 is 11.6 Å². The predicted molar refractivity (Wildman–Crippen MR) is 176 cm³/mol. The van der Waals surface area contributed by atoms with Crippen LogP contribution in [0.1, 0.15) is 79.8 Å². The maximum absolute atomic E-state index is 13.8. The molecule has 6 atom stereocenters. The molecule has 1 amide bonds. The van der Waals surface area contributed by atoms with Crippen LogP contribution in [0.3, 0.4) is 0 Å². The molecule has 1 saturated carbocycles. The molecular formula is C35H45ClN2O6S. The van der Waals surface area contributed by atoms with Crippen molar-refractivity contribution in [1.82, 2.24) is 4.72 Å². The van der Waals surface area contributed by atoms with E-state index in [0.29, 0.717) is 43.4 Å². The van der Waals surface area contributed by atoms with Crippen LogP contribution in [0.5, 0.6) is 5.75 Å². The molecular weight excluding hydrogens is 612 g/mol. The summed E-state index contributed by atoms with van der Waals surface area (Å²) in [4.78, 5) is 15.9. The van der Waals surface area contributed by atoms with Gasteiger partial charge in [-0.15, -0.1) is 0 Å². The summed E-state index contributed by atoms with van der Waals surface area (Å²) in [6.45, 7) is 4.33. The number of anilines is 1. The number of sulfonamides is 1. The number of nitrogens with zero attached hydrogens (tertiary/aromatic N) is 1. The zero-order valence-corrected chi connectivity index (χ0v) is 27.6. The topological polar surface area (TPSA) is 105 Å². The number of amides is 1. The maximum atomic E-state index is 13.8. The molecule has 45 heavy (non-hydrogen) atoms. The van der Waals surface area contributed by atoms with Gasteiger partial charge in [-0.1, -0.05) is 36.7 Å². The summed E-state index contributed by atoms with van der Waals surface area (Å²) in [5, 5.41) is 11.1. The third-order valence-electron chi connectivity index (χ3n) is 10.2. The Bertz CT molecular complexity index is 1510. The summed E-state index contributed by atoms with van der Waals surface area (Å²) in [7, 11) is -4.04. The van der Waals surface area contributed by atoms with Gasteiger partial charge in [0.15, 0.2) is 0 Å². The molecule has 3 heterocycles. The molecule has 1 saturated heterocycles. The van der Waals surface area contributed by atoms with E-state index in [1.54, 1.807) is 18.2 Å². The van der Waals surface area contributed by atoms with E-state index in [2.05, 4.69) is 9.62 Å². The molecule has 10 heteroatoms. The molecule has 6 rings (SSSR count). The van der Waals surface area contributed by atoms with Gasteiger partial charge in [-0.25, -0.2) is 13.1 Å². The fourth-order valence-electron chi connectivity index (χ4n) is 7.38. The molecule has 0 aromatic heterocycles. The Morgan fingerprint density at radius 1 is 1.07 bits per heavy atom. The number of carbonyl (C=O) groups is 1. The minimum absolute atomic E-state index is 0.122. The fraction of sp³-hybridized carbons (Fsp3) is 0.571. The molecule has 244 valence electrons. The van der Waals surface area contributed by atoms with Crippen LogP contribution in [0.15, 0.2) is 48.6 Å². The summed E-state index contributed by atoms with van der Waals surface area (Å²) in [6.07, 6.45) is 10.3. The lowest BCUT2D eigenvalue weighted by molar-refractivity contribution is 0.0460. The highest BCUT2D eigenvalue weighted by atomic mass is 35.5. The molecule has 0 spiro atoms.